The summed E-state index contributed by atoms with van der Waals surface area (Å²) in [4.78, 5) is 23.2. The number of hydrogen-bond donors (Lipinski definition) is 0. The van der Waals surface area contributed by atoms with Crippen molar-refractivity contribution in [2.24, 2.45) is 0 Å². The normalized spacial score (nSPS) is 9.95. The summed E-state index contributed by atoms with van der Waals surface area (Å²) in [7, 11) is 0. The zero-order chi connectivity index (χ0) is 15.1. The third kappa shape index (κ3) is 4.45. The Bertz CT molecular complexity index is 602. The number of benzene rings is 2. The van der Waals surface area contributed by atoms with E-state index in [-0.39, 0.29) is 0 Å². The minimum Gasteiger partial charge on any atom is -0.395 e. The highest BCUT2D eigenvalue weighted by Gasteiger charge is 2.14. The van der Waals surface area contributed by atoms with Crippen LogP contribution in [0.3, 0.4) is 0 Å². The van der Waals surface area contributed by atoms with Crippen LogP contribution in [-0.2, 0) is 11.2 Å². The van der Waals surface area contributed by atoms with E-state index in [9.17, 15) is 9.59 Å². The van der Waals surface area contributed by atoms with Gasteiger partial charge in [0, 0.05) is 0 Å². The lowest BCUT2D eigenvalue weighted by Gasteiger charge is -2.05. The van der Waals surface area contributed by atoms with E-state index in [1.165, 1.54) is 5.56 Å². The molecule has 0 saturated carbocycles. The molecule has 21 heavy (non-hydrogen) atoms. The van der Waals surface area contributed by atoms with Gasteiger partial charge in [0.25, 0.3) is 0 Å². The van der Waals surface area contributed by atoms with E-state index in [1.54, 1.807) is 42.5 Å². The number of carbonyl (C=O) groups is 2. The fraction of sp³-hybridized carbons (Fsp3) is 0.176. The zero-order valence-corrected chi connectivity index (χ0v) is 11.7. The first-order chi connectivity index (χ1) is 10.2. The van der Waals surface area contributed by atoms with Crippen LogP contribution in [0.25, 0.3) is 0 Å². The molecule has 0 aliphatic heterocycles. The van der Waals surface area contributed by atoms with Gasteiger partial charge in [-0.3, -0.25) is 0 Å². The first kappa shape index (κ1) is 14.8. The van der Waals surface area contributed by atoms with Crippen molar-refractivity contribution in [3.05, 3.63) is 65.7 Å². The van der Waals surface area contributed by atoms with Crippen LogP contribution < -0.4 is 4.74 Å². The smallest absolute Gasteiger partial charge is 0.395 e. The summed E-state index contributed by atoms with van der Waals surface area (Å²) in [5.41, 5.74) is 1.46. The van der Waals surface area contributed by atoms with E-state index < -0.39 is 12.1 Å². The molecule has 2 aromatic carbocycles. The van der Waals surface area contributed by atoms with E-state index in [0.717, 1.165) is 12.8 Å². The maximum absolute atomic E-state index is 11.7. The molecule has 0 heterocycles. The highest BCUT2D eigenvalue weighted by atomic mass is 16.7. The quantitative estimate of drug-likeness (QED) is 0.484. The SMILES string of the molecule is CCCc1ccc(OC(=O)OC(=O)c2ccccc2)cc1. The fourth-order valence-corrected chi connectivity index (χ4v) is 1.84. The van der Waals surface area contributed by atoms with Gasteiger partial charge in [-0.2, -0.15) is 0 Å². The Hall–Kier alpha value is -2.62. The average Bonchev–Trinajstić information content (AvgIpc) is 2.50. The predicted molar refractivity (Wildman–Crippen MR) is 78.3 cm³/mol. The van der Waals surface area contributed by atoms with E-state index in [4.69, 9.17) is 4.74 Å². The maximum atomic E-state index is 11.7. The van der Waals surface area contributed by atoms with Gasteiger partial charge >= 0.3 is 12.1 Å². The molecule has 0 aliphatic carbocycles. The predicted octanol–water partition coefficient (Wildman–Crippen LogP) is 3.99. The highest BCUT2D eigenvalue weighted by Crippen LogP contribution is 2.14. The molecule has 0 spiro atoms. The monoisotopic (exact) mass is 284 g/mol. The molecule has 0 amide bonds. The summed E-state index contributed by atoms with van der Waals surface area (Å²) in [6, 6.07) is 15.4. The van der Waals surface area contributed by atoms with Crippen molar-refractivity contribution in [3.8, 4) is 5.75 Å². The Balaban J connectivity index is 1.91. The number of aryl methyl sites for hydroxylation is 1. The number of ether oxygens (including phenoxy) is 2. The number of esters is 1. The summed E-state index contributed by atoms with van der Waals surface area (Å²) < 4.78 is 9.58. The number of rotatable bonds is 4. The molecule has 0 radical (unpaired) electrons. The molecule has 0 N–H and O–H groups in total. The van der Waals surface area contributed by atoms with Gasteiger partial charge in [0.2, 0.25) is 0 Å². The van der Waals surface area contributed by atoms with Gasteiger partial charge in [0.05, 0.1) is 5.56 Å². The van der Waals surface area contributed by atoms with Gasteiger partial charge in [-0.05, 0) is 36.2 Å². The summed E-state index contributed by atoms with van der Waals surface area (Å²) in [5, 5.41) is 0. The van der Waals surface area contributed by atoms with Crippen LogP contribution >= 0.6 is 0 Å². The maximum Gasteiger partial charge on any atom is 0.521 e. The average molecular weight is 284 g/mol. The van der Waals surface area contributed by atoms with Gasteiger partial charge in [-0.15, -0.1) is 0 Å². The Morgan fingerprint density at radius 1 is 0.952 bits per heavy atom. The molecule has 4 nitrogen and oxygen atoms in total. The van der Waals surface area contributed by atoms with Crippen LogP contribution in [0, 0.1) is 0 Å². The van der Waals surface area contributed by atoms with E-state index >= 15 is 0 Å². The van der Waals surface area contributed by atoms with Crippen LogP contribution in [0.4, 0.5) is 4.79 Å². The van der Waals surface area contributed by atoms with Gasteiger partial charge < -0.3 is 9.47 Å². The molecule has 4 heteroatoms. The second kappa shape index (κ2) is 7.24. The number of hydrogen-bond acceptors (Lipinski definition) is 4. The molecule has 108 valence electrons. The summed E-state index contributed by atoms with van der Waals surface area (Å²) in [6.07, 6.45) is 0.984. The van der Waals surface area contributed by atoms with Gasteiger partial charge in [-0.1, -0.05) is 43.7 Å². The molecule has 0 saturated heterocycles. The lowest BCUT2D eigenvalue weighted by molar-refractivity contribution is 0.0529. The molecule has 0 fully saturated rings. The fourth-order valence-electron chi connectivity index (χ4n) is 1.84. The van der Waals surface area contributed by atoms with Crippen molar-refractivity contribution in [2.75, 3.05) is 0 Å². The Morgan fingerprint density at radius 3 is 2.24 bits per heavy atom. The molecule has 0 aliphatic rings. The van der Waals surface area contributed by atoms with Crippen molar-refractivity contribution < 1.29 is 19.1 Å². The molecule has 2 aromatic rings. The van der Waals surface area contributed by atoms with Crippen LogP contribution in [0.15, 0.2) is 54.6 Å². The van der Waals surface area contributed by atoms with Crippen molar-refractivity contribution >= 4 is 12.1 Å². The molecular formula is C17H16O4. The highest BCUT2D eigenvalue weighted by molar-refractivity contribution is 5.95. The van der Waals surface area contributed by atoms with Gasteiger partial charge in [0.1, 0.15) is 5.75 Å². The standard InChI is InChI=1S/C17H16O4/c1-2-6-13-9-11-15(12-10-13)20-17(19)21-16(18)14-7-4-3-5-8-14/h3-5,7-12H,2,6H2,1H3. The van der Waals surface area contributed by atoms with E-state index in [2.05, 4.69) is 11.7 Å². The summed E-state index contributed by atoms with van der Waals surface area (Å²) >= 11 is 0. The van der Waals surface area contributed by atoms with Crippen LogP contribution in [0.2, 0.25) is 0 Å². The third-order valence-electron chi connectivity index (χ3n) is 2.85. The van der Waals surface area contributed by atoms with Crippen molar-refractivity contribution in [1.82, 2.24) is 0 Å². The van der Waals surface area contributed by atoms with Crippen molar-refractivity contribution in [2.45, 2.75) is 19.8 Å². The second-order valence-corrected chi connectivity index (χ2v) is 4.50. The summed E-state index contributed by atoms with van der Waals surface area (Å²) in [6.45, 7) is 2.09. The first-order valence-electron chi connectivity index (χ1n) is 6.77. The zero-order valence-electron chi connectivity index (χ0n) is 11.7. The molecule has 0 unspecified atom stereocenters. The topological polar surface area (TPSA) is 52.6 Å². The molecule has 0 aromatic heterocycles. The minimum absolute atomic E-state index is 0.299. The number of carbonyl (C=O) groups excluding carboxylic acids is 2. The lowest BCUT2D eigenvalue weighted by Crippen LogP contribution is -2.16. The third-order valence-corrected chi connectivity index (χ3v) is 2.85. The Morgan fingerprint density at radius 2 is 1.62 bits per heavy atom. The second-order valence-electron chi connectivity index (χ2n) is 4.50. The van der Waals surface area contributed by atoms with Crippen LogP contribution in [-0.4, -0.2) is 12.1 Å². The van der Waals surface area contributed by atoms with Gasteiger partial charge in [-0.25, -0.2) is 9.59 Å². The Kier molecular flexibility index (Phi) is 5.10. The molecular weight excluding hydrogens is 268 g/mol. The molecule has 0 atom stereocenters. The van der Waals surface area contributed by atoms with E-state index in [0.29, 0.717) is 11.3 Å². The minimum atomic E-state index is -1.04. The van der Waals surface area contributed by atoms with Crippen LogP contribution in [0.1, 0.15) is 29.3 Å². The van der Waals surface area contributed by atoms with Crippen molar-refractivity contribution in [1.29, 1.82) is 0 Å². The first-order valence-corrected chi connectivity index (χ1v) is 6.77. The molecule has 2 rings (SSSR count). The summed E-state index contributed by atoms with van der Waals surface area (Å²) in [5.74, 6) is -0.385. The lowest BCUT2D eigenvalue weighted by atomic mass is 10.1. The van der Waals surface area contributed by atoms with Crippen LogP contribution in [0.5, 0.6) is 5.75 Å². The van der Waals surface area contributed by atoms with Gasteiger partial charge in [0.15, 0.2) is 0 Å². The molecule has 0 bridgehead atoms. The van der Waals surface area contributed by atoms with E-state index in [1.807, 2.05) is 12.1 Å². The van der Waals surface area contributed by atoms with Crippen molar-refractivity contribution in [3.63, 3.8) is 0 Å². The Labute approximate surface area is 123 Å². The largest absolute Gasteiger partial charge is 0.521 e.